The number of nitrogens with zero attached hydrogens (tertiary/aromatic N) is 3. The lowest BCUT2D eigenvalue weighted by Gasteiger charge is -2.25. The van der Waals surface area contributed by atoms with Crippen molar-refractivity contribution in [2.24, 2.45) is 0 Å². The Labute approximate surface area is 173 Å². The smallest absolute Gasteiger partial charge is 0.143 e. The first-order chi connectivity index (χ1) is 14.5. The molecule has 1 aliphatic carbocycles. The Morgan fingerprint density at radius 3 is 2.87 bits per heavy atom. The van der Waals surface area contributed by atoms with Gasteiger partial charge < -0.3 is 24.8 Å². The van der Waals surface area contributed by atoms with Crippen LogP contribution >= 0.6 is 0 Å². The number of ether oxygens (including phenoxy) is 1. The maximum atomic E-state index is 14.6. The summed E-state index contributed by atoms with van der Waals surface area (Å²) in [5.74, 6) is 0.390. The largest absolute Gasteiger partial charge is 0.487 e. The molecule has 8 heteroatoms. The lowest BCUT2D eigenvalue weighted by molar-refractivity contribution is -0.0166. The molecular formula is C22H25FN4O3. The van der Waals surface area contributed by atoms with Crippen LogP contribution in [0.1, 0.15) is 34.8 Å². The molecule has 2 aliphatic rings. The zero-order chi connectivity index (χ0) is 21.0. The first kappa shape index (κ1) is 19.4. The Kier molecular flexibility index (Phi) is 4.72. The fraction of sp³-hybridized carbons (Fsp3) is 0.455. The highest BCUT2D eigenvalue weighted by atomic mass is 19.1. The second kappa shape index (κ2) is 7.30. The zero-order valence-corrected chi connectivity index (χ0v) is 17.0. The van der Waals surface area contributed by atoms with Crippen LogP contribution < -0.4 is 10.1 Å². The highest BCUT2D eigenvalue weighted by Gasteiger charge is 2.44. The van der Waals surface area contributed by atoms with Crippen molar-refractivity contribution in [3.05, 3.63) is 52.9 Å². The number of rotatable bonds is 3. The average Bonchev–Trinajstić information content (AvgIpc) is 3.29. The van der Waals surface area contributed by atoms with Gasteiger partial charge in [-0.25, -0.2) is 14.4 Å². The molecule has 3 heterocycles. The Bertz CT molecular complexity index is 1120. The fourth-order valence-electron chi connectivity index (χ4n) is 4.74. The molecule has 7 nitrogen and oxygen atoms in total. The van der Waals surface area contributed by atoms with Crippen LogP contribution in [0, 0.1) is 19.7 Å². The number of aliphatic hydroxyl groups is 2. The van der Waals surface area contributed by atoms with E-state index in [1.165, 1.54) is 6.33 Å². The van der Waals surface area contributed by atoms with E-state index in [1.807, 2.05) is 23.8 Å². The number of benzene rings is 1. The van der Waals surface area contributed by atoms with Gasteiger partial charge in [0.15, 0.2) is 0 Å². The lowest BCUT2D eigenvalue weighted by Crippen LogP contribution is -2.35. The Hall–Kier alpha value is -2.55. The molecule has 5 rings (SSSR count). The highest BCUT2D eigenvalue weighted by molar-refractivity contribution is 5.78. The van der Waals surface area contributed by atoms with Gasteiger partial charge in [-0.3, -0.25) is 0 Å². The third-order valence-corrected chi connectivity index (χ3v) is 6.42. The number of halogens is 1. The first-order valence-corrected chi connectivity index (χ1v) is 10.3. The van der Waals surface area contributed by atoms with Crippen LogP contribution in [0.5, 0.6) is 5.75 Å². The lowest BCUT2D eigenvalue weighted by atomic mass is 9.96. The monoisotopic (exact) mass is 412 g/mol. The minimum atomic E-state index is -1.06. The fourth-order valence-corrected chi connectivity index (χ4v) is 4.74. The first-order valence-electron chi connectivity index (χ1n) is 10.3. The van der Waals surface area contributed by atoms with Crippen LogP contribution in [0.4, 0.5) is 4.39 Å². The summed E-state index contributed by atoms with van der Waals surface area (Å²) in [7, 11) is 0. The average molecular weight is 412 g/mol. The van der Waals surface area contributed by atoms with Gasteiger partial charge in [0.2, 0.25) is 0 Å². The molecule has 1 fully saturated rings. The molecular weight excluding hydrogens is 387 g/mol. The standard InChI is InChI=1S/C22H25FN4O3/c1-11-7-17(15-9-24-5-3-14(15)19(11)23)30-18-8-16(20(28)21(18)29)27-6-4-13-12(2)25-10-26-22(13)27/h4,6-7,10,16,18,20-21,24,28-29H,3,5,8-9H2,1-2H3/t16-,18+,20+,21-/m1/s1. The predicted octanol–water partition coefficient (Wildman–Crippen LogP) is 1.95. The molecule has 1 aliphatic heterocycles. The minimum absolute atomic E-state index is 0.183. The van der Waals surface area contributed by atoms with Gasteiger partial charge in [-0.2, -0.15) is 0 Å². The van der Waals surface area contributed by atoms with Crippen molar-refractivity contribution in [3.8, 4) is 5.75 Å². The highest BCUT2D eigenvalue weighted by Crippen LogP contribution is 2.38. The number of nitrogens with one attached hydrogen (secondary N) is 1. The molecule has 0 radical (unpaired) electrons. The Morgan fingerprint density at radius 1 is 1.20 bits per heavy atom. The minimum Gasteiger partial charge on any atom is -0.487 e. The quantitative estimate of drug-likeness (QED) is 0.609. The van der Waals surface area contributed by atoms with E-state index in [0.717, 1.165) is 28.8 Å². The van der Waals surface area contributed by atoms with Gasteiger partial charge in [0.1, 0.15) is 41.9 Å². The van der Waals surface area contributed by atoms with E-state index in [4.69, 9.17) is 4.74 Å². The molecule has 0 bridgehead atoms. The van der Waals surface area contributed by atoms with Crippen LogP contribution in [-0.2, 0) is 13.0 Å². The number of aryl methyl sites for hydroxylation is 2. The summed E-state index contributed by atoms with van der Waals surface area (Å²) in [5, 5.41) is 25.7. The predicted molar refractivity (Wildman–Crippen MR) is 109 cm³/mol. The van der Waals surface area contributed by atoms with Gasteiger partial charge >= 0.3 is 0 Å². The third kappa shape index (κ3) is 2.98. The SMILES string of the molecule is Cc1cc(O[C@H]2C[C@@H](n3ccc4c(C)ncnc43)[C@H](O)[C@@H]2O)c2c(c1F)CCNC2. The second-order valence-electron chi connectivity index (χ2n) is 8.25. The van der Waals surface area contributed by atoms with E-state index in [9.17, 15) is 14.6 Å². The molecule has 0 spiro atoms. The third-order valence-electron chi connectivity index (χ3n) is 6.42. The summed E-state index contributed by atoms with van der Waals surface area (Å²) in [6, 6.07) is 3.23. The maximum Gasteiger partial charge on any atom is 0.143 e. The van der Waals surface area contributed by atoms with Crippen LogP contribution in [0.2, 0.25) is 0 Å². The molecule has 0 saturated heterocycles. The molecule has 158 valence electrons. The normalized spacial score (nSPS) is 26.2. The number of aromatic nitrogens is 3. The van der Waals surface area contributed by atoms with Crippen LogP contribution in [0.25, 0.3) is 11.0 Å². The molecule has 30 heavy (non-hydrogen) atoms. The number of aliphatic hydroxyl groups excluding tert-OH is 2. The molecule has 1 aromatic carbocycles. The molecule has 3 aromatic rings. The summed E-state index contributed by atoms with van der Waals surface area (Å²) in [4.78, 5) is 8.57. The molecule has 0 amide bonds. The number of fused-ring (bicyclic) bond motifs is 2. The topological polar surface area (TPSA) is 92.4 Å². The van der Waals surface area contributed by atoms with Gasteiger partial charge in [0, 0.05) is 30.1 Å². The summed E-state index contributed by atoms with van der Waals surface area (Å²) < 4.78 is 22.6. The molecule has 3 N–H and O–H groups in total. The van der Waals surface area contributed by atoms with Gasteiger partial charge in [-0.05, 0) is 50.1 Å². The van der Waals surface area contributed by atoms with Gasteiger partial charge in [-0.15, -0.1) is 0 Å². The zero-order valence-electron chi connectivity index (χ0n) is 17.0. The van der Waals surface area contributed by atoms with Crippen LogP contribution in [0.3, 0.4) is 0 Å². The Morgan fingerprint density at radius 2 is 2.03 bits per heavy atom. The van der Waals surface area contributed by atoms with Crippen LogP contribution in [0.15, 0.2) is 24.7 Å². The Balaban J connectivity index is 1.46. The van der Waals surface area contributed by atoms with Crippen molar-refractivity contribution >= 4 is 11.0 Å². The van der Waals surface area contributed by atoms with Crippen molar-refractivity contribution in [3.63, 3.8) is 0 Å². The number of hydrogen-bond acceptors (Lipinski definition) is 6. The van der Waals surface area contributed by atoms with Gasteiger partial charge in [0.25, 0.3) is 0 Å². The summed E-state index contributed by atoms with van der Waals surface area (Å²) >= 11 is 0. The van der Waals surface area contributed by atoms with Crippen molar-refractivity contribution in [1.29, 1.82) is 0 Å². The van der Waals surface area contributed by atoms with E-state index in [2.05, 4.69) is 15.3 Å². The summed E-state index contributed by atoms with van der Waals surface area (Å²) in [5.41, 5.74) is 3.58. The molecule has 2 aromatic heterocycles. The maximum absolute atomic E-state index is 14.6. The van der Waals surface area contributed by atoms with E-state index >= 15 is 0 Å². The van der Waals surface area contributed by atoms with Gasteiger partial charge in [-0.1, -0.05) is 0 Å². The number of hydrogen-bond donors (Lipinski definition) is 3. The van der Waals surface area contributed by atoms with Crippen molar-refractivity contribution in [2.75, 3.05) is 6.54 Å². The summed E-state index contributed by atoms with van der Waals surface area (Å²) in [6.45, 7) is 4.88. The van der Waals surface area contributed by atoms with E-state index in [-0.39, 0.29) is 11.9 Å². The second-order valence-corrected chi connectivity index (χ2v) is 8.25. The van der Waals surface area contributed by atoms with E-state index in [1.54, 1.807) is 13.0 Å². The van der Waals surface area contributed by atoms with Crippen molar-refractivity contribution in [2.45, 2.75) is 57.6 Å². The molecule has 1 saturated carbocycles. The van der Waals surface area contributed by atoms with Crippen molar-refractivity contribution < 1.29 is 19.3 Å². The van der Waals surface area contributed by atoms with Crippen molar-refractivity contribution in [1.82, 2.24) is 19.9 Å². The van der Waals surface area contributed by atoms with Gasteiger partial charge in [0.05, 0.1) is 11.7 Å². The van der Waals surface area contributed by atoms with E-state index in [0.29, 0.717) is 36.3 Å². The molecule has 0 unspecified atom stereocenters. The van der Waals surface area contributed by atoms with Crippen LogP contribution in [-0.4, -0.2) is 49.6 Å². The van der Waals surface area contributed by atoms with E-state index < -0.39 is 18.3 Å². The summed E-state index contributed by atoms with van der Waals surface area (Å²) in [6.07, 6.45) is 1.70. The molecule has 4 atom stereocenters.